The van der Waals surface area contributed by atoms with Crippen LogP contribution in [0.5, 0.6) is 0 Å². The summed E-state index contributed by atoms with van der Waals surface area (Å²) in [6, 6.07) is 6.58. The quantitative estimate of drug-likeness (QED) is 0.742. The van der Waals surface area contributed by atoms with Gasteiger partial charge in [-0.05, 0) is 36.3 Å². The van der Waals surface area contributed by atoms with Crippen LogP contribution in [0.15, 0.2) is 18.2 Å². The average molecular weight is 256 g/mol. The number of anilines is 1. The van der Waals surface area contributed by atoms with Crippen LogP contribution in [-0.2, 0) is 5.88 Å². The van der Waals surface area contributed by atoms with E-state index in [1.165, 1.54) is 47.8 Å². The second kappa shape index (κ2) is 5.83. The smallest absolute Gasteiger partial charge is 0.0474 e. The second-order valence-corrected chi connectivity index (χ2v) is 5.70. The molecule has 1 aromatic rings. The molecule has 0 unspecified atom stereocenters. The predicted molar refractivity (Wildman–Crippen MR) is 74.9 cm³/mol. The zero-order chi connectivity index (χ0) is 11.4. The fourth-order valence-corrected chi connectivity index (χ4v) is 3.20. The van der Waals surface area contributed by atoms with Crippen LogP contribution < -0.4 is 4.90 Å². The van der Waals surface area contributed by atoms with Crippen molar-refractivity contribution < 1.29 is 0 Å². The summed E-state index contributed by atoms with van der Waals surface area (Å²) in [7, 11) is 0. The molecule has 88 valence electrons. The number of halogens is 1. The second-order valence-electron chi connectivity index (χ2n) is 4.21. The van der Waals surface area contributed by atoms with Crippen molar-refractivity contribution in [1.29, 1.82) is 0 Å². The van der Waals surface area contributed by atoms with Crippen molar-refractivity contribution >= 4 is 29.1 Å². The van der Waals surface area contributed by atoms with Crippen LogP contribution in [0, 0.1) is 6.92 Å². The molecule has 1 aliphatic rings. The van der Waals surface area contributed by atoms with Gasteiger partial charge in [0.2, 0.25) is 0 Å². The molecule has 0 aliphatic carbocycles. The summed E-state index contributed by atoms with van der Waals surface area (Å²) in [5, 5.41) is 0. The molecule has 0 radical (unpaired) electrons. The first kappa shape index (κ1) is 12.1. The molecule has 0 N–H and O–H groups in total. The lowest BCUT2D eigenvalue weighted by atomic mass is 10.1. The summed E-state index contributed by atoms with van der Waals surface area (Å²) in [4.78, 5) is 2.51. The van der Waals surface area contributed by atoms with Gasteiger partial charge in [0.25, 0.3) is 0 Å². The van der Waals surface area contributed by atoms with Crippen molar-refractivity contribution in [1.82, 2.24) is 0 Å². The lowest BCUT2D eigenvalue weighted by Gasteiger charge is -2.24. The SMILES string of the molecule is Cc1cc(CCl)ccc1N1CCCSCC1. The van der Waals surface area contributed by atoms with E-state index in [0.29, 0.717) is 5.88 Å². The standard InChI is InChI=1S/C13H18ClNS/c1-11-9-12(10-14)3-4-13(11)15-5-2-7-16-8-6-15/h3-4,9H,2,5-8,10H2,1H3. The Balaban J connectivity index is 2.18. The zero-order valence-corrected chi connectivity index (χ0v) is 11.3. The Morgan fingerprint density at radius 1 is 1.31 bits per heavy atom. The van der Waals surface area contributed by atoms with Crippen LogP contribution >= 0.6 is 23.4 Å². The molecule has 0 aromatic heterocycles. The van der Waals surface area contributed by atoms with Crippen LogP contribution in [-0.4, -0.2) is 24.6 Å². The maximum Gasteiger partial charge on any atom is 0.0474 e. The lowest BCUT2D eigenvalue weighted by Crippen LogP contribution is -2.26. The molecule has 1 fully saturated rings. The van der Waals surface area contributed by atoms with Gasteiger partial charge < -0.3 is 4.90 Å². The number of alkyl halides is 1. The van der Waals surface area contributed by atoms with E-state index in [1.54, 1.807) is 0 Å². The first-order valence-corrected chi connectivity index (χ1v) is 7.48. The summed E-state index contributed by atoms with van der Waals surface area (Å²) in [5.41, 5.74) is 3.95. The minimum atomic E-state index is 0.608. The minimum absolute atomic E-state index is 0.608. The average Bonchev–Trinajstić information content (AvgIpc) is 2.57. The van der Waals surface area contributed by atoms with E-state index in [2.05, 4.69) is 41.8 Å². The van der Waals surface area contributed by atoms with E-state index in [-0.39, 0.29) is 0 Å². The maximum atomic E-state index is 5.85. The van der Waals surface area contributed by atoms with E-state index < -0.39 is 0 Å². The highest BCUT2D eigenvalue weighted by molar-refractivity contribution is 7.99. The summed E-state index contributed by atoms with van der Waals surface area (Å²) in [6.07, 6.45) is 1.29. The van der Waals surface area contributed by atoms with Crippen LogP contribution in [0.1, 0.15) is 17.5 Å². The number of benzene rings is 1. The molecule has 16 heavy (non-hydrogen) atoms. The van der Waals surface area contributed by atoms with Crippen LogP contribution in [0.4, 0.5) is 5.69 Å². The van der Waals surface area contributed by atoms with E-state index in [1.807, 2.05) is 0 Å². The third-order valence-electron chi connectivity index (χ3n) is 2.98. The number of nitrogens with zero attached hydrogens (tertiary/aromatic N) is 1. The van der Waals surface area contributed by atoms with E-state index >= 15 is 0 Å². The van der Waals surface area contributed by atoms with E-state index in [4.69, 9.17) is 11.6 Å². The zero-order valence-electron chi connectivity index (χ0n) is 9.71. The highest BCUT2D eigenvalue weighted by Crippen LogP contribution is 2.24. The van der Waals surface area contributed by atoms with Gasteiger partial charge >= 0.3 is 0 Å². The van der Waals surface area contributed by atoms with Gasteiger partial charge in [-0.1, -0.05) is 12.1 Å². The Labute approximate surface area is 107 Å². The molecule has 0 amide bonds. The molecule has 2 rings (SSSR count). The molecule has 0 spiro atoms. The fourth-order valence-electron chi connectivity index (χ4n) is 2.14. The highest BCUT2D eigenvalue weighted by Gasteiger charge is 2.11. The van der Waals surface area contributed by atoms with Gasteiger partial charge in [0.1, 0.15) is 0 Å². The molecule has 0 bridgehead atoms. The third kappa shape index (κ3) is 2.86. The van der Waals surface area contributed by atoms with Crippen molar-refractivity contribution in [2.24, 2.45) is 0 Å². The van der Waals surface area contributed by atoms with E-state index in [0.717, 1.165) is 0 Å². The molecule has 1 aromatic carbocycles. The van der Waals surface area contributed by atoms with Gasteiger partial charge in [-0.15, -0.1) is 11.6 Å². The highest BCUT2D eigenvalue weighted by atomic mass is 35.5. The molecule has 1 aliphatic heterocycles. The van der Waals surface area contributed by atoms with Gasteiger partial charge in [-0.25, -0.2) is 0 Å². The predicted octanol–water partition coefficient (Wildman–Crippen LogP) is 3.68. The number of hydrogen-bond donors (Lipinski definition) is 0. The molecular formula is C13H18ClNS. The van der Waals surface area contributed by atoms with Crippen LogP contribution in [0.3, 0.4) is 0 Å². The molecule has 0 atom stereocenters. The Bertz CT molecular complexity index is 346. The number of thioether (sulfide) groups is 1. The summed E-state index contributed by atoms with van der Waals surface area (Å²) >= 11 is 7.91. The van der Waals surface area contributed by atoms with Crippen LogP contribution in [0.25, 0.3) is 0 Å². The summed E-state index contributed by atoms with van der Waals surface area (Å²) in [5.74, 6) is 3.16. The van der Waals surface area contributed by atoms with Gasteiger partial charge in [-0.3, -0.25) is 0 Å². The molecule has 0 saturated carbocycles. The summed E-state index contributed by atoms with van der Waals surface area (Å²) < 4.78 is 0. The van der Waals surface area contributed by atoms with Crippen molar-refractivity contribution in [2.75, 3.05) is 29.5 Å². The lowest BCUT2D eigenvalue weighted by molar-refractivity contribution is 0.813. The molecule has 3 heteroatoms. The first-order valence-electron chi connectivity index (χ1n) is 5.79. The number of hydrogen-bond acceptors (Lipinski definition) is 2. The monoisotopic (exact) mass is 255 g/mol. The topological polar surface area (TPSA) is 3.24 Å². The van der Waals surface area contributed by atoms with Crippen LogP contribution in [0.2, 0.25) is 0 Å². The number of aryl methyl sites for hydroxylation is 1. The van der Waals surface area contributed by atoms with Gasteiger partial charge in [0.05, 0.1) is 0 Å². The van der Waals surface area contributed by atoms with Crippen molar-refractivity contribution in [3.05, 3.63) is 29.3 Å². The fraction of sp³-hybridized carbons (Fsp3) is 0.538. The third-order valence-corrected chi connectivity index (χ3v) is 4.34. The summed E-state index contributed by atoms with van der Waals surface area (Å²) in [6.45, 7) is 4.54. The van der Waals surface area contributed by atoms with Gasteiger partial charge in [0.15, 0.2) is 0 Å². The maximum absolute atomic E-state index is 5.85. The Morgan fingerprint density at radius 2 is 2.19 bits per heavy atom. The minimum Gasteiger partial charge on any atom is -0.370 e. The Morgan fingerprint density at radius 3 is 2.94 bits per heavy atom. The molecule has 1 nitrogen and oxygen atoms in total. The Hall–Kier alpha value is -0.340. The van der Waals surface area contributed by atoms with Crippen molar-refractivity contribution in [3.63, 3.8) is 0 Å². The molecule has 1 saturated heterocycles. The van der Waals surface area contributed by atoms with Crippen molar-refractivity contribution in [3.8, 4) is 0 Å². The first-order chi connectivity index (χ1) is 7.81. The molecule has 1 heterocycles. The Kier molecular flexibility index (Phi) is 4.42. The number of rotatable bonds is 2. The largest absolute Gasteiger partial charge is 0.370 e. The van der Waals surface area contributed by atoms with Crippen molar-refractivity contribution in [2.45, 2.75) is 19.2 Å². The normalized spacial score (nSPS) is 17.2. The van der Waals surface area contributed by atoms with Gasteiger partial charge in [0, 0.05) is 30.4 Å². The van der Waals surface area contributed by atoms with Gasteiger partial charge in [-0.2, -0.15) is 11.8 Å². The molecular weight excluding hydrogens is 238 g/mol. The van der Waals surface area contributed by atoms with E-state index in [9.17, 15) is 0 Å².